The third-order valence-corrected chi connectivity index (χ3v) is 2.59. The van der Waals surface area contributed by atoms with Crippen LogP contribution in [0.15, 0.2) is 24.3 Å². The van der Waals surface area contributed by atoms with Crippen LogP contribution in [0.2, 0.25) is 0 Å². The Bertz CT molecular complexity index is 357. The van der Waals surface area contributed by atoms with Crippen molar-refractivity contribution in [3.8, 4) is 5.75 Å². The first-order valence-corrected chi connectivity index (χ1v) is 5.42. The van der Waals surface area contributed by atoms with Gasteiger partial charge in [-0.15, -0.1) is 0 Å². The number of carbonyl (C=O) groups is 1. The first-order valence-electron chi connectivity index (χ1n) is 5.42. The monoisotopic (exact) mass is 221 g/mol. The summed E-state index contributed by atoms with van der Waals surface area (Å²) in [7, 11) is 0. The van der Waals surface area contributed by atoms with E-state index in [9.17, 15) is 4.79 Å². The summed E-state index contributed by atoms with van der Waals surface area (Å²) < 4.78 is 10.4. The molecule has 4 nitrogen and oxygen atoms in total. The van der Waals surface area contributed by atoms with Crippen molar-refractivity contribution in [2.45, 2.75) is 25.4 Å². The SMILES string of the molecule is Nc1ccc(OCC(=O)OC2CCC2)cc1. The zero-order valence-corrected chi connectivity index (χ0v) is 9.02. The van der Waals surface area contributed by atoms with Crippen LogP contribution in [0.1, 0.15) is 19.3 Å². The van der Waals surface area contributed by atoms with E-state index in [1.807, 2.05) is 0 Å². The van der Waals surface area contributed by atoms with Gasteiger partial charge in [0.15, 0.2) is 6.61 Å². The molecule has 1 saturated carbocycles. The second-order valence-corrected chi connectivity index (χ2v) is 3.90. The van der Waals surface area contributed by atoms with Crippen LogP contribution in [0.3, 0.4) is 0 Å². The van der Waals surface area contributed by atoms with Crippen LogP contribution in [0, 0.1) is 0 Å². The Morgan fingerprint density at radius 3 is 2.56 bits per heavy atom. The van der Waals surface area contributed by atoms with Crippen LogP contribution in [0.4, 0.5) is 5.69 Å². The fourth-order valence-corrected chi connectivity index (χ4v) is 1.41. The van der Waals surface area contributed by atoms with E-state index < -0.39 is 0 Å². The summed E-state index contributed by atoms with van der Waals surface area (Å²) in [5.74, 6) is 0.321. The number of hydrogen-bond acceptors (Lipinski definition) is 4. The molecule has 0 unspecified atom stereocenters. The summed E-state index contributed by atoms with van der Waals surface area (Å²) in [4.78, 5) is 11.3. The highest BCUT2D eigenvalue weighted by Crippen LogP contribution is 2.22. The van der Waals surface area contributed by atoms with Crippen molar-refractivity contribution in [2.24, 2.45) is 0 Å². The number of nitrogen functional groups attached to an aromatic ring is 1. The molecule has 0 saturated heterocycles. The molecule has 0 aliphatic heterocycles. The molecule has 1 aromatic carbocycles. The summed E-state index contributed by atoms with van der Waals surface area (Å²) >= 11 is 0. The Labute approximate surface area is 94.3 Å². The fraction of sp³-hybridized carbons (Fsp3) is 0.417. The second-order valence-electron chi connectivity index (χ2n) is 3.90. The first-order chi connectivity index (χ1) is 7.74. The Morgan fingerprint density at radius 1 is 1.31 bits per heavy atom. The molecule has 1 aliphatic carbocycles. The third kappa shape index (κ3) is 2.89. The van der Waals surface area contributed by atoms with Gasteiger partial charge >= 0.3 is 5.97 Å². The van der Waals surface area contributed by atoms with Gasteiger partial charge in [-0.2, -0.15) is 0 Å². The maximum Gasteiger partial charge on any atom is 0.344 e. The maximum atomic E-state index is 11.3. The molecular weight excluding hydrogens is 206 g/mol. The summed E-state index contributed by atoms with van der Waals surface area (Å²) in [6.45, 7) is -0.0413. The molecule has 1 fully saturated rings. The van der Waals surface area contributed by atoms with Crippen molar-refractivity contribution in [1.82, 2.24) is 0 Å². The van der Waals surface area contributed by atoms with Crippen LogP contribution in [0.25, 0.3) is 0 Å². The largest absolute Gasteiger partial charge is 0.482 e. The van der Waals surface area contributed by atoms with Crippen molar-refractivity contribution < 1.29 is 14.3 Å². The van der Waals surface area contributed by atoms with E-state index in [0.717, 1.165) is 19.3 Å². The van der Waals surface area contributed by atoms with Crippen molar-refractivity contribution in [1.29, 1.82) is 0 Å². The van der Waals surface area contributed by atoms with Crippen molar-refractivity contribution in [3.63, 3.8) is 0 Å². The number of carbonyl (C=O) groups excluding carboxylic acids is 1. The lowest BCUT2D eigenvalue weighted by Crippen LogP contribution is -2.27. The van der Waals surface area contributed by atoms with Gasteiger partial charge in [0.2, 0.25) is 0 Å². The van der Waals surface area contributed by atoms with E-state index in [2.05, 4.69) is 0 Å². The zero-order valence-electron chi connectivity index (χ0n) is 9.02. The quantitative estimate of drug-likeness (QED) is 0.621. The lowest BCUT2D eigenvalue weighted by molar-refractivity contribution is -0.155. The van der Waals surface area contributed by atoms with Crippen molar-refractivity contribution in [2.75, 3.05) is 12.3 Å². The van der Waals surface area contributed by atoms with E-state index in [-0.39, 0.29) is 18.7 Å². The highest BCUT2D eigenvalue weighted by atomic mass is 16.6. The molecule has 2 rings (SSSR count). The number of nitrogens with two attached hydrogens (primary N) is 1. The molecule has 0 radical (unpaired) electrons. The van der Waals surface area contributed by atoms with Crippen LogP contribution in [0.5, 0.6) is 5.75 Å². The molecule has 0 atom stereocenters. The van der Waals surface area contributed by atoms with Crippen LogP contribution in [-0.2, 0) is 9.53 Å². The number of ether oxygens (including phenoxy) is 2. The predicted molar refractivity (Wildman–Crippen MR) is 60.1 cm³/mol. The highest BCUT2D eigenvalue weighted by molar-refractivity contribution is 5.71. The average molecular weight is 221 g/mol. The average Bonchev–Trinajstić information content (AvgIpc) is 2.23. The second kappa shape index (κ2) is 4.88. The summed E-state index contributed by atoms with van der Waals surface area (Å²) in [5.41, 5.74) is 6.20. The molecule has 86 valence electrons. The van der Waals surface area contributed by atoms with Gasteiger partial charge in [-0.1, -0.05) is 0 Å². The summed E-state index contributed by atoms with van der Waals surface area (Å²) in [5, 5.41) is 0. The van der Waals surface area contributed by atoms with Gasteiger partial charge in [0.25, 0.3) is 0 Å². The van der Waals surface area contributed by atoms with Gasteiger partial charge in [-0.25, -0.2) is 4.79 Å². The van der Waals surface area contributed by atoms with E-state index in [0.29, 0.717) is 11.4 Å². The Kier molecular flexibility index (Phi) is 3.29. The van der Waals surface area contributed by atoms with Gasteiger partial charge in [0, 0.05) is 5.69 Å². The number of hydrogen-bond donors (Lipinski definition) is 1. The molecule has 2 N–H and O–H groups in total. The molecule has 0 amide bonds. The minimum absolute atomic E-state index is 0.0413. The number of anilines is 1. The zero-order chi connectivity index (χ0) is 11.4. The molecule has 1 aliphatic rings. The van der Waals surface area contributed by atoms with Crippen molar-refractivity contribution in [3.05, 3.63) is 24.3 Å². The van der Waals surface area contributed by atoms with Crippen LogP contribution < -0.4 is 10.5 Å². The predicted octanol–water partition coefficient (Wildman–Crippen LogP) is 1.74. The minimum Gasteiger partial charge on any atom is -0.482 e. The summed E-state index contributed by atoms with van der Waals surface area (Å²) in [6, 6.07) is 6.91. The third-order valence-electron chi connectivity index (χ3n) is 2.59. The van der Waals surface area contributed by atoms with E-state index in [1.165, 1.54) is 0 Å². The number of rotatable bonds is 4. The smallest absolute Gasteiger partial charge is 0.344 e. The Morgan fingerprint density at radius 2 is 2.00 bits per heavy atom. The Balaban J connectivity index is 1.73. The highest BCUT2D eigenvalue weighted by Gasteiger charge is 2.21. The van der Waals surface area contributed by atoms with Crippen LogP contribution >= 0.6 is 0 Å². The standard InChI is InChI=1S/C12H15NO3/c13-9-4-6-10(7-5-9)15-8-12(14)16-11-2-1-3-11/h4-7,11H,1-3,8,13H2. The molecule has 4 heteroatoms. The first kappa shape index (κ1) is 10.8. The van der Waals surface area contributed by atoms with Gasteiger partial charge in [-0.3, -0.25) is 0 Å². The van der Waals surface area contributed by atoms with Gasteiger partial charge < -0.3 is 15.2 Å². The molecule has 0 spiro atoms. The lowest BCUT2D eigenvalue weighted by Gasteiger charge is -2.25. The van der Waals surface area contributed by atoms with E-state index in [1.54, 1.807) is 24.3 Å². The molecule has 0 bridgehead atoms. The summed E-state index contributed by atoms with van der Waals surface area (Å²) in [6.07, 6.45) is 3.22. The fourth-order valence-electron chi connectivity index (χ4n) is 1.41. The number of benzene rings is 1. The molecule has 1 aromatic rings. The Hall–Kier alpha value is -1.71. The molecule has 0 heterocycles. The normalized spacial score (nSPS) is 15.2. The molecule has 16 heavy (non-hydrogen) atoms. The lowest BCUT2D eigenvalue weighted by atomic mass is 9.96. The van der Waals surface area contributed by atoms with Crippen molar-refractivity contribution >= 4 is 11.7 Å². The molecular formula is C12H15NO3. The van der Waals surface area contributed by atoms with E-state index in [4.69, 9.17) is 15.2 Å². The van der Waals surface area contributed by atoms with Gasteiger partial charge in [0.1, 0.15) is 11.9 Å². The number of esters is 1. The maximum absolute atomic E-state index is 11.3. The van der Waals surface area contributed by atoms with E-state index >= 15 is 0 Å². The minimum atomic E-state index is -0.304. The molecule has 0 aromatic heterocycles. The van der Waals surface area contributed by atoms with Gasteiger partial charge in [0.05, 0.1) is 0 Å². The van der Waals surface area contributed by atoms with Gasteiger partial charge in [-0.05, 0) is 43.5 Å². The van der Waals surface area contributed by atoms with Crippen LogP contribution in [-0.4, -0.2) is 18.7 Å². The topological polar surface area (TPSA) is 61.5 Å².